The number of rotatable bonds is 5. The van der Waals surface area contributed by atoms with Crippen molar-refractivity contribution < 1.29 is 9.72 Å². The maximum absolute atomic E-state index is 12.3. The van der Waals surface area contributed by atoms with Gasteiger partial charge in [-0.15, -0.1) is 0 Å². The Morgan fingerprint density at radius 2 is 2.11 bits per heavy atom. The summed E-state index contributed by atoms with van der Waals surface area (Å²) in [6.07, 6.45) is 0. The number of anilines is 1. The molecule has 0 saturated heterocycles. The molecule has 1 amide bonds. The van der Waals surface area contributed by atoms with Crippen LogP contribution in [0.1, 0.15) is 31.1 Å². The normalized spacial score (nSPS) is 10.4. The molecule has 1 N–H and O–H groups in total. The van der Waals surface area contributed by atoms with Gasteiger partial charge in [0, 0.05) is 19.6 Å². The van der Waals surface area contributed by atoms with Crippen molar-refractivity contribution in [1.82, 2.24) is 4.90 Å². The van der Waals surface area contributed by atoms with Crippen molar-refractivity contribution in [2.75, 3.05) is 18.9 Å². The average molecular weight is 265 g/mol. The van der Waals surface area contributed by atoms with Crippen LogP contribution in [-0.4, -0.2) is 35.4 Å². The van der Waals surface area contributed by atoms with Crippen molar-refractivity contribution in [3.05, 3.63) is 33.9 Å². The molecule has 6 heteroatoms. The van der Waals surface area contributed by atoms with Gasteiger partial charge in [0.2, 0.25) is 0 Å². The number of nitrogens with zero attached hydrogens (tertiary/aromatic N) is 2. The quantitative estimate of drug-likeness (QED) is 0.655. The Labute approximate surface area is 112 Å². The number of hydrogen-bond donors (Lipinski definition) is 1. The molecule has 0 aliphatic rings. The van der Waals surface area contributed by atoms with Crippen LogP contribution in [-0.2, 0) is 0 Å². The average Bonchev–Trinajstić information content (AvgIpc) is 2.36. The van der Waals surface area contributed by atoms with Gasteiger partial charge in [0.25, 0.3) is 5.91 Å². The highest BCUT2D eigenvalue weighted by molar-refractivity contribution is 6.00. The summed E-state index contributed by atoms with van der Waals surface area (Å²) in [6, 6.07) is 4.72. The molecule has 0 radical (unpaired) electrons. The molecule has 0 aromatic heterocycles. The lowest BCUT2D eigenvalue weighted by Gasteiger charge is -2.21. The third kappa shape index (κ3) is 3.21. The molecule has 6 nitrogen and oxygen atoms in total. The van der Waals surface area contributed by atoms with E-state index in [2.05, 4.69) is 5.32 Å². The van der Waals surface area contributed by atoms with Crippen molar-refractivity contribution in [2.45, 2.75) is 26.8 Å². The molecule has 0 bridgehead atoms. The number of carbonyl (C=O) groups is 1. The summed E-state index contributed by atoms with van der Waals surface area (Å²) in [6.45, 7) is 6.12. The predicted octanol–water partition coefficient (Wildman–Crippen LogP) is 2.51. The lowest BCUT2D eigenvalue weighted by atomic mass is 10.1. The lowest BCUT2D eigenvalue weighted by molar-refractivity contribution is -0.384. The Hall–Kier alpha value is -2.11. The molecule has 19 heavy (non-hydrogen) atoms. The third-order valence-corrected chi connectivity index (χ3v) is 2.91. The van der Waals surface area contributed by atoms with Gasteiger partial charge in [0.1, 0.15) is 11.3 Å². The maximum atomic E-state index is 12.3. The van der Waals surface area contributed by atoms with E-state index in [-0.39, 0.29) is 23.2 Å². The smallest absolute Gasteiger partial charge is 0.305 e. The van der Waals surface area contributed by atoms with Gasteiger partial charge in [-0.05, 0) is 32.9 Å². The summed E-state index contributed by atoms with van der Waals surface area (Å²) in [5, 5.41) is 14.1. The van der Waals surface area contributed by atoms with E-state index in [9.17, 15) is 14.9 Å². The molecular formula is C13H19N3O3. The number of nitro benzene ring substituents is 1. The second-order valence-corrected chi connectivity index (χ2v) is 4.50. The lowest BCUT2D eigenvalue weighted by Crippen LogP contribution is -2.33. The fourth-order valence-corrected chi connectivity index (χ4v) is 1.67. The molecule has 0 aliphatic heterocycles. The maximum Gasteiger partial charge on any atom is 0.305 e. The number of carbonyl (C=O) groups excluding carboxylic acids is 1. The van der Waals surface area contributed by atoms with Crippen LogP contribution in [0.5, 0.6) is 0 Å². The first-order valence-electron chi connectivity index (χ1n) is 6.18. The Kier molecular flexibility index (Phi) is 4.86. The zero-order valence-corrected chi connectivity index (χ0v) is 11.6. The standard InChI is InChI=1S/C13H19N3O3/c1-5-14-11-8-6-7-10(12(11)16(18)19)13(17)15(4)9(2)3/h6-9,14H,5H2,1-4H3. The molecule has 0 heterocycles. The molecule has 0 atom stereocenters. The predicted molar refractivity (Wildman–Crippen MR) is 74.5 cm³/mol. The summed E-state index contributed by atoms with van der Waals surface area (Å²) in [5.41, 5.74) is 0.317. The fourth-order valence-electron chi connectivity index (χ4n) is 1.67. The number of hydrogen-bond acceptors (Lipinski definition) is 4. The van der Waals surface area contributed by atoms with Crippen molar-refractivity contribution in [3.63, 3.8) is 0 Å². The summed E-state index contributed by atoms with van der Waals surface area (Å²) in [7, 11) is 1.64. The molecule has 0 saturated carbocycles. The second-order valence-electron chi connectivity index (χ2n) is 4.50. The number of nitrogens with one attached hydrogen (secondary N) is 1. The zero-order chi connectivity index (χ0) is 14.6. The van der Waals surface area contributed by atoms with Gasteiger partial charge >= 0.3 is 5.69 Å². The van der Waals surface area contributed by atoms with E-state index in [1.807, 2.05) is 20.8 Å². The van der Waals surface area contributed by atoms with Gasteiger partial charge in [0.15, 0.2) is 0 Å². The Balaban J connectivity index is 3.31. The van der Waals surface area contributed by atoms with Crippen molar-refractivity contribution in [2.24, 2.45) is 0 Å². The van der Waals surface area contributed by atoms with Crippen molar-refractivity contribution in [1.29, 1.82) is 0 Å². The largest absolute Gasteiger partial charge is 0.380 e. The Morgan fingerprint density at radius 3 is 2.58 bits per heavy atom. The van der Waals surface area contributed by atoms with Crippen LogP contribution >= 0.6 is 0 Å². The third-order valence-electron chi connectivity index (χ3n) is 2.91. The highest BCUT2D eigenvalue weighted by atomic mass is 16.6. The van der Waals surface area contributed by atoms with Crippen molar-refractivity contribution >= 4 is 17.3 Å². The number of amides is 1. The first-order chi connectivity index (χ1) is 8.90. The van der Waals surface area contributed by atoms with Crippen LogP contribution in [0.3, 0.4) is 0 Å². The molecular weight excluding hydrogens is 246 g/mol. The molecule has 1 aromatic rings. The first kappa shape index (κ1) is 14.9. The van der Waals surface area contributed by atoms with Gasteiger partial charge in [0.05, 0.1) is 4.92 Å². The van der Waals surface area contributed by atoms with Crippen LogP contribution in [0.4, 0.5) is 11.4 Å². The van der Waals surface area contributed by atoms with E-state index in [0.29, 0.717) is 12.2 Å². The van der Waals surface area contributed by atoms with Gasteiger partial charge in [-0.3, -0.25) is 14.9 Å². The van der Waals surface area contributed by atoms with Gasteiger partial charge in [-0.2, -0.15) is 0 Å². The molecule has 1 aromatic carbocycles. The monoisotopic (exact) mass is 265 g/mol. The Morgan fingerprint density at radius 1 is 1.47 bits per heavy atom. The molecule has 0 spiro atoms. The van der Waals surface area contributed by atoms with Gasteiger partial charge < -0.3 is 10.2 Å². The van der Waals surface area contributed by atoms with E-state index in [1.54, 1.807) is 19.2 Å². The van der Waals surface area contributed by atoms with E-state index >= 15 is 0 Å². The van der Waals surface area contributed by atoms with Crippen molar-refractivity contribution in [3.8, 4) is 0 Å². The topological polar surface area (TPSA) is 75.5 Å². The zero-order valence-electron chi connectivity index (χ0n) is 11.6. The fraction of sp³-hybridized carbons (Fsp3) is 0.462. The van der Waals surface area contributed by atoms with Crippen LogP contribution in [0, 0.1) is 10.1 Å². The SMILES string of the molecule is CCNc1cccc(C(=O)N(C)C(C)C)c1[N+](=O)[O-]. The van der Waals surface area contributed by atoms with E-state index in [4.69, 9.17) is 0 Å². The van der Waals surface area contributed by atoms with Crippen LogP contribution < -0.4 is 5.32 Å². The number of para-hydroxylation sites is 1. The number of benzene rings is 1. The summed E-state index contributed by atoms with van der Waals surface area (Å²) >= 11 is 0. The first-order valence-corrected chi connectivity index (χ1v) is 6.18. The molecule has 0 aliphatic carbocycles. The summed E-state index contributed by atoms with van der Waals surface area (Å²) < 4.78 is 0. The van der Waals surface area contributed by atoms with E-state index in [0.717, 1.165) is 0 Å². The van der Waals surface area contributed by atoms with Crippen LogP contribution in [0.25, 0.3) is 0 Å². The minimum atomic E-state index is -0.514. The highest BCUT2D eigenvalue weighted by Gasteiger charge is 2.27. The summed E-state index contributed by atoms with van der Waals surface area (Å²) in [5.74, 6) is -0.346. The van der Waals surface area contributed by atoms with Crippen LogP contribution in [0.15, 0.2) is 18.2 Å². The van der Waals surface area contributed by atoms with E-state index < -0.39 is 4.92 Å². The second kappa shape index (κ2) is 6.17. The van der Waals surface area contributed by atoms with E-state index in [1.165, 1.54) is 11.0 Å². The molecule has 0 fully saturated rings. The van der Waals surface area contributed by atoms with Gasteiger partial charge in [-0.25, -0.2) is 0 Å². The minimum absolute atomic E-state index is 0.0186. The minimum Gasteiger partial charge on any atom is -0.380 e. The Bertz CT molecular complexity index is 486. The molecule has 1 rings (SSSR count). The number of nitro groups is 1. The molecule has 0 unspecified atom stereocenters. The van der Waals surface area contributed by atoms with Gasteiger partial charge in [-0.1, -0.05) is 6.07 Å². The van der Waals surface area contributed by atoms with Crippen LogP contribution in [0.2, 0.25) is 0 Å². The highest BCUT2D eigenvalue weighted by Crippen LogP contribution is 2.29. The summed E-state index contributed by atoms with van der Waals surface area (Å²) in [4.78, 5) is 24.4. The molecule has 104 valence electrons.